The van der Waals surface area contributed by atoms with Gasteiger partial charge in [0.15, 0.2) is 11.3 Å². The first-order valence-electron chi connectivity index (χ1n) is 6.04. The predicted octanol–water partition coefficient (Wildman–Crippen LogP) is 2.87. The fourth-order valence-corrected chi connectivity index (χ4v) is 2.23. The van der Waals surface area contributed by atoms with E-state index in [1.807, 2.05) is 18.4 Å². The highest BCUT2D eigenvalue weighted by atomic mass is 16.5. The zero-order valence-corrected chi connectivity index (χ0v) is 10.0. The van der Waals surface area contributed by atoms with E-state index in [0.29, 0.717) is 0 Å². The topological polar surface area (TPSA) is 48.4 Å². The van der Waals surface area contributed by atoms with E-state index in [1.54, 1.807) is 7.11 Å². The number of nitrogens with two attached hydrogens (primary N) is 1. The van der Waals surface area contributed by atoms with Gasteiger partial charge in [-0.05, 0) is 37.3 Å². The summed E-state index contributed by atoms with van der Waals surface area (Å²) >= 11 is 0. The number of methoxy groups -OCH3 is 1. The van der Waals surface area contributed by atoms with Gasteiger partial charge < -0.3 is 14.9 Å². The molecule has 1 aromatic carbocycles. The van der Waals surface area contributed by atoms with E-state index in [4.69, 9.17) is 14.9 Å². The number of benzene rings is 1. The van der Waals surface area contributed by atoms with Crippen LogP contribution in [0.2, 0.25) is 0 Å². The molecule has 3 rings (SSSR count). The van der Waals surface area contributed by atoms with Crippen LogP contribution in [-0.2, 0) is 6.42 Å². The zero-order valence-electron chi connectivity index (χ0n) is 10.0. The van der Waals surface area contributed by atoms with Crippen LogP contribution in [0, 0.1) is 0 Å². The van der Waals surface area contributed by atoms with E-state index < -0.39 is 0 Å². The van der Waals surface area contributed by atoms with Gasteiger partial charge in [-0.3, -0.25) is 0 Å². The van der Waals surface area contributed by atoms with E-state index in [0.717, 1.165) is 42.4 Å². The van der Waals surface area contributed by atoms with Gasteiger partial charge in [0.2, 0.25) is 0 Å². The number of ether oxygens (including phenoxy) is 1. The highest BCUT2D eigenvalue weighted by Gasteiger charge is 2.37. The van der Waals surface area contributed by atoms with Crippen LogP contribution < -0.4 is 10.5 Å². The molecule has 0 bridgehead atoms. The summed E-state index contributed by atoms with van der Waals surface area (Å²) in [5.74, 6) is 0.794. The fraction of sp³-hybridized carbons (Fsp3) is 0.429. The summed E-state index contributed by atoms with van der Waals surface area (Å²) in [4.78, 5) is 0. The highest BCUT2D eigenvalue weighted by molar-refractivity contribution is 5.86. The Bertz CT molecular complexity index is 540. The average Bonchev–Trinajstić information content (AvgIpc) is 2.93. The van der Waals surface area contributed by atoms with Crippen molar-refractivity contribution in [3.63, 3.8) is 0 Å². The Hall–Kier alpha value is -1.48. The van der Waals surface area contributed by atoms with E-state index in [1.165, 1.54) is 5.56 Å². The number of hydrogen-bond donors (Lipinski definition) is 1. The second kappa shape index (κ2) is 3.77. The molecule has 90 valence electrons. The second-order valence-electron chi connectivity index (χ2n) is 4.96. The molecule has 1 saturated carbocycles. The lowest BCUT2D eigenvalue weighted by Gasteiger charge is -2.06. The van der Waals surface area contributed by atoms with E-state index in [-0.39, 0.29) is 5.54 Å². The number of para-hydroxylation sites is 1. The zero-order chi connectivity index (χ0) is 11.9. The van der Waals surface area contributed by atoms with Crippen molar-refractivity contribution >= 4 is 11.0 Å². The van der Waals surface area contributed by atoms with Gasteiger partial charge in [0.1, 0.15) is 0 Å². The molecule has 17 heavy (non-hydrogen) atoms. The van der Waals surface area contributed by atoms with Crippen LogP contribution in [0.4, 0.5) is 0 Å². The molecule has 1 fully saturated rings. The summed E-state index contributed by atoms with van der Waals surface area (Å²) in [5, 5.41) is 1.15. The molecule has 1 aromatic heterocycles. The largest absolute Gasteiger partial charge is 0.493 e. The van der Waals surface area contributed by atoms with Crippen molar-refractivity contribution in [2.75, 3.05) is 7.11 Å². The molecule has 0 saturated heterocycles. The molecule has 0 atom stereocenters. The molecule has 3 nitrogen and oxygen atoms in total. The Morgan fingerprint density at radius 3 is 2.94 bits per heavy atom. The third kappa shape index (κ3) is 1.91. The maximum absolute atomic E-state index is 6.11. The quantitative estimate of drug-likeness (QED) is 0.880. The van der Waals surface area contributed by atoms with Gasteiger partial charge in [-0.25, -0.2) is 0 Å². The molecule has 3 heteroatoms. The highest BCUT2D eigenvalue weighted by Crippen LogP contribution is 2.38. The smallest absolute Gasteiger partial charge is 0.175 e. The molecule has 0 aliphatic heterocycles. The van der Waals surface area contributed by atoms with Crippen LogP contribution in [0.1, 0.15) is 24.8 Å². The fourth-order valence-electron chi connectivity index (χ4n) is 2.23. The normalized spacial score (nSPS) is 17.3. The molecule has 0 spiro atoms. The molecule has 2 aromatic rings. The van der Waals surface area contributed by atoms with Gasteiger partial charge in [-0.2, -0.15) is 0 Å². The summed E-state index contributed by atoms with van der Waals surface area (Å²) < 4.78 is 10.9. The molecule has 1 aliphatic rings. The van der Waals surface area contributed by atoms with Crippen molar-refractivity contribution in [3.8, 4) is 5.75 Å². The molecule has 1 heterocycles. The van der Waals surface area contributed by atoms with Crippen LogP contribution in [0.25, 0.3) is 11.0 Å². The van der Waals surface area contributed by atoms with Crippen molar-refractivity contribution in [1.82, 2.24) is 0 Å². The van der Waals surface area contributed by atoms with Crippen molar-refractivity contribution in [3.05, 3.63) is 30.0 Å². The SMILES string of the molecule is COc1cccc2c(CCC3(N)CC3)coc12. The van der Waals surface area contributed by atoms with Gasteiger partial charge in [-0.1, -0.05) is 12.1 Å². The Kier molecular flexibility index (Phi) is 2.37. The Morgan fingerprint density at radius 2 is 2.24 bits per heavy atom. The maximum Gasteiger partial charge on any atom is 0.175 e. The summed E-state index contributed by atoms with van der Waals surface area (Å²) in [5.41, 5.74) is 8.28. The number of aryl methyl sites for hydroxylation is 1. The van der Waals surface area contributed by atoms with Gasteiger partial charge in [-0.15, -0.1) is 0 Å². The van der Waals surface area contributed by atoms with Gasteiger partial charge in [0.05, 0.1) is 13.4 Å². The summed E-state index contributed by atoms with van der Waals surface area (Å²) in [6.45, 7) is 0. The average molecular weight is 231 g/mol. The first-order chi connectivity index (χ1) is 8.22. The third-order valence-corrected chi connectivity index (χ3v) is 3.65. The summed E-state index contributed by atoms with van der Waals surface area (Å²) in [6.07, 6.45) is 6.17. The van der Waals surface area contributed by atoms with Crippen LogP contribution >= 0.6 is 0 Å². The Morgan fingerprint density at radius 1 is 1.41 bits per heavy atom. The van der Waals surface area contributed by atoms with Gasteiger partial charge >= 0.3 is 0 Å². The number of fused-ring (bicyclic) bond motifs is 1. The third-order valence-electron chi connectivity index (χ3n) is 3.65. The molecule has 0 unspecified atom stereocenters. The van der Waals surface area contributed by atoms with Crippen LogP contribution in [-0.4, -0.2) is 12.6 Å². The van der Waals surface area contributed by atoms with Crippen molar-refractivity contribution in [2.24, 2.45) is 5.73 Å². The lowest BCUT2D eigenvalue weighted by Crippen LogP contribution is -2.21. The van der Waals surface area contributed by atoms with Gasteiger partial charge in [0, 0.05) is 10.9 Å². The number of furan rings is 1. The van der Waals surface area contributed by atoms with Gasteiger partial charge in [0.25, 0.3) is 0 Å². The van der Waals surface area contributed by atoms with E-state index in [2.05, 4.69) is 6.07 Å². The molecule has 1 aliphatic carbocycles. The first-order valence-corrected chi connectivity index (χ1v) is 6.04. The lowest BCUT2D eigenvalue weighted by atomic mass is 10.0. The molecular weight excluding hydrogens is 214 g/mol. The lowest BCUT2D eigenvalue weighted by molar-refractivity contribution is 0.410. The first kappa shape index (κ1) is 10.7. The standard InChI is InChI=1S/C14H17NO2/c1-16-12-4-2-3-11-10(9-17-13(11)12)5-6-14(15)7-8-14/h2-4,9H,5-8,15H2,1H3. The summed E-state index contributed by atoms with van der Waals surface area (Å²) in [6, 6.07) is 5.99. The predicted molar refractivity (Wildman–Crippen MR) is 67.2 cm³/mol. The van der Waals surface area contributed by atoms with Crippen LogP contribution in [0.15, 0.2) is 28.9 Å². The monoisotopic (exact) mass is 231 g/mol. The Balaban J connectivity index is 1.89. The molecule has 0 radical (unpaired) electrons. The van der Waals surface area contributed by atoms with Crippen LogP contribution in [0.5, 0.6) is 5.75 Å². The number of rotatable bonds is 4. The molecule has 0 amide bonds. The maximum atomic E-state index is 6.11. The Labute approximate surface area is 101 Å². The minimum atomic E-state index is 0.0997. The van der Waals surface area contributed by atoms with Crippen LogP contribution in [0.3, 0.4) is 0 Å². The van der Waals surface area contributed by atoms with Crippen molar-refractivity contribution in [1.29, 1.82) is 0 Å². The second-order valence-corrected chi connectivity index (χ2v) is 4.96. The minimum absolute atomic E-state index is 0.0997. The molecule has 2 N–H and O–H groups in total. The number of hydrogen-bond acceptors (Lipinski definition) is 3. The summed E-state index contributed by atoms with van der Waals surface area (Å²) in [7, 11) is 1.66. The van der Waals surface area contributed by atoms with Crippen molar-refractivity contribution in [2.45, 2.75) is 31.2 Å². The van der Waals surface area contributed by atoms with E-state index >= 15 is 0 Å². The van der Waals surface area contributed by atoms with Crippen molar-refractivity contribution < 1.29 is 9.15 Å². The van der Waals surface area contributed by atoms with E-state index in [9.17, 15) is 0 Å². The minimum Gasteiger partial charge on any atom is -0.493 e. The molecular formula is C14H17NO2.